The van der Waals surface area contributed by atoms with Crippen molar-refractivity contribution in [1.29, 1.82) is 0 Å². The fraction of sp³-hybridized carbons (Fsp3) is 0.455. The van der Waals surface area contributed by atoms with Gasteiger partial charge in [0.25, 0.3) is 0 Å². The molecule has 0 fully saturated rings. The summed E-state index contributed by atoms with van der Waals surface area (Å²) in [5.74, 6) is 1.10. The van der Waals surface area contributed by atoms with Crippen LogP contribution < -0.4 is 22.2 Å². The summed E-state index contributed by atoms with van der Waals surface area (Å²) in [6, 6.07) is 1.91. The molecule has 0 amide bonds. The number of nitrogen functional groups attached to an aromatic ring is 1. The minimum Gasteiger partial charge on any atom is -0.399 e. The Kier molecular flexibility index (Phi) is 10.4. The smallest absolute Gasteiger partial charge is 0.141 e. The molecular formula is C22H37N7. The van der Waals surface area contributed by atoms with Crippen LogP contribution in [0.3, 0.4) is 0 Å². The normalized spacial score (nSPS) is 12.3. The number of aromatic nitrogens is 1. The minimum atomic E-state index is 0.453. The van der Waals surface area contributed by atoms with Crippen LogP contribution in [0.1, 0.15) is 57.6 Å². The highest BCUT2D eigenvalue weighted by Crippen LogP contribution is 2.24. The number of unbranched alkanes of at least 4 members (excludes halogenated alkanes) is 1. The zero-order valence-electron chi connectivity index (χ0n) is 18.5. The van der Waals surface area contributed by atoms with Crippen LogP contribution in [-0.2, 0) is 0 Å². The van der Waals surface area contributed by atoms with E-state index in [9.17, 15) is 0 Å². The number of hydrazine groups is 1. The molecule has 0 bridgehead atoms. The lowest BCUT2D eigenvalue weighted by Gasteiger charge is -2.21. The second kappa shape index (κ2) is 12.5. The number of allylic oxidation sites excluding steroid dienone is 4. The van der Waals surface area contributed by atoms with Crippen LogP contribution in [0.5, 0.6) is 0 Å². The molecular weight excluding hydrogens is 362 g/mol. The number of aryl methyl sites for hydroxylation is 1. The Labute approximate surface area is 175 Å². The van der Waals surface area contributed by atoms with Crippen molar-refractivity contribution in [2.24, 2.45) is 10.7 Å². The van der Waals surface area contributed by atoms with Gasteiger partial charge in [0.15, 0.2) is 0 Å². The zero-order chi connectivity index (χ0) is 21.8. The van der Waals surface area contributed by atoms with Gasteiger partial charge in [-0.1, -0.05) is 33.8 Å². The highest BCUT2D eigenvalue weighted by atomic mass is 15.5. The van der Waals surface area contributed by atoms with E-state index in [1.807, 2.05) is 31.1 Å². The number of nitrogens with two attached hydrogens (primary N) is 2. The van der Waals surface area contributed by atoms with Crippen molar-refractivity contribution in [3.05, 3.63) is 47.3 Å². The Morgan fingerprint density at radius 3 is 2.59 bits per heavy atom. The lowest BCUT2D eigenvalue weighted by molar-refractivity contribution is 0.365. The molecule has 160 valence electrons. The summed E-state index contributed by atoms with van der Waals surface area (Å²) in [5.41, 5.74) is 19.3. The molecule has 6 N–H and O–H groups in total. The summed E-state index contributed by atoms with van der Waals surface area (Å²) >= 11 is 0. The third kappa shape index (κ3) is 7.89. The Morgan fingerprint density at radius 1 is 1.28 bits per heavy atom. The number of nitrogens with one attached hydrogen (secondary N) is 2. The van der Waals surface area contributed by atoms with Gasteiger partial charge >= 0.3 is 0 Å². The van der Waals surface area contributed by atoms with E-state index in [1.165, 1.54) is 0 Å². The van der Waals surface area contributed by atoms with Crippen molar-refractivity contribution in [3.8, 4) is 0 Å². The van der Waals surface area contributed by atoms with E-state index in [0.29, 0.717) is 17.3 Å². The summed E-state index contributed by atoms with van der Waals surface area (Å²) in [4.78, 5) is 8.81. The van der Waals surface area contributed by atoms with Crippen molar-refractivity contribution in [1.82, 2.24) is 15.4 Å². The Bertz CT molecular complexity index is 763. The maximum absolute atomic E-state index is 5.99. The first-order valence-corrected chi connectivity index (χ1v) is 10.2. The zero-order valence-corrected chi connectivity index (χ0v) is 18.5. The highest BCUT2D eigenvalue weighted by Gasteiger charge is 2.10. The van der Waals surface area contributed by atoms with E-state index >= 15 is 0 Å². The molecule has 1 rings (SSSR count). The second-order valence-electron chi connectivity index (χ2n) is 6.87. The van der Waals surface area contributed by atoms with Crippen LogP contribution in [0.2, 0.25) is 0 Å². The number of hydrogen-bond donors (Lipinski definition) is 4. The van der Waals surface area contributed by atoms with E-state index < -0.39 is 0 Å². The average molecular weight is 400 g/mol. The van der Waals surface area contributed by atoms with Crippen molar-refractivity contribution >= 4 is 23.7 Å². The quantitative estimate of drug-likeness (QED) is 0.138. The van der Waals surface area contributed by atoms with Gasteiger partial charge in [-0.15, -0.1) is 0 Å². The van der Waals surface area contributed by atoms with Crippen molar-refractivity contribution in [3.63, 3.8) is 0 Å². The Hall–Kier alpha value is -2.96. The predicted octanol–water partition coefficient (Wildman–Crippen LogP) is 4.17. The molecule has 0 aliphatic carbocycles. The maximum atomic E-state index is 5.99. The molecule has 0 aliphatic heterocycles. The van der Waals surface area contributed by atoms with Crippen LogP contribution in [-0.4, -0.2) is 29.9 Å². The molecule has 0 aromatic carbocycles. The molecule has 7 nitrogen and oxygen atoms in total. The molecule has 0 saturated heterocycles. The molecule has 7 heteroatoms. The average Bonchev–Trinajstić information content (AvgIpc) is 2.69. The lowest BCUT2D eigenvalue weighted by atomic mass is 10.1. The second-order valence-corrected chi connectivity index (χ2v) is 6.87. The Morgan fingerprint density at radius 2 is 2.00 bits per heavy atom. The molecule has 0 radical (unpaired) electrons. The first kappa shape index (κ1) is 24.1. The van der Waals surface area contributed by atoms with Gasteiger partial charge in [0.05, 0.1) is 0 Å². The number of anilines is 2. The summed E-state index contributed by atoms with van der Waals surface area (Å²) in [6.07, 6.45) is 9.79. The summed E-state index contributed by atoms with van der Waals surface area (Å²) < 4.78 is 0. The maximum Gasteiger partial charge on any atom is 0.141 e. The van der Waals surface area contributed by atoms with Gasteiger partial charge in [-0.3, -0.25) is 15.4 Å². The summed E-state index contributed by atoms with van der Waals surface area (Å²) in [6.45, 7) is 12.9. The molecule has 0 unspecified atom stereocenters. The predicted molar refractivity (Wildman–Crippen MR) is 126 cm³/mol. The van der Waals surface area contributed by atoms with E-state index in [0.717, 1.165) is 54.7 Å². The van der Waals surface area contributed by atoms with Gasteiger partial charge in [0, 0.05) is 36.2 Å². The SMILES string of the molecule is C=C(N)c1cc(C)c(N)nc1N/C(=C/C=C(\CC)N(C)NC=NCCCC)CC. The summed E-state index contributed by atoms with van der Waals surface area (Å²) in [5, 5.41) is 5.32. The monoisotopic (exact) mass is 399 g/mol. The van der Waals surface area contributed by atoms with E-state index in [2.05, 4.69) is 54.1 Å². The molecule has 0 spiro atoms. The Balaban J connectivity index is 2.97. The molecule has 29 heavy (non-hydrogen) atoms. The highest BCUT2D eigenvalue weighted by molar-refractivity contribution is 5.74. The van der Waals surface area contributed by atoms with Crippen molar-refractivity contribution in [2.75, 3.05) is 24.6 Å². The van der Waals surface area contributed by atoms with E-state index in [4.69, 9.17) is 11.5 Å². The van der Waals surface area contributed by atoms with Gasteiger partial charge in [-0.2, -0.15) is 0 Å². The van der Waals surface area contributed by atoms with E-state index in [-0.39, 0.29) is 0 Å². The van der Waals surface area contributed by atoms with Gasteiger partial charge in [-0.05, 0) is 50.0 Å². The first-order chi connectivity index (χ1) is 13.8. The molecule has 1 aromatic rings. The fourth-order valence-electron chi connectivity index (χ4n) is 2.56. The van der Waals surface area contributed by atoms with Gasteiger partial charge in [0.1, 0.15) is 18.0 Å². The standard InChI is InChI=1S/C22H37N7/c1-7-10-13-25-15-26-29(6)19(9-3)12-11-18(8-2)27-22-20(17(5)23)14-16(4)21(24)28-22/h11-12,14-15H,5,7-10,13,23H2,1-4,6H3,(H,25,26)(H3,24,27,28)/b18-11+,19-12+. The number of pyridine rings is 1. The first-order valence-electron chi connectivity index (χ1n) is 10.2. The molecule has 0 atom stereocenters. The summed E-state index contributed by atoms with van der Waals surface area (Å²) in [7, 11) is 1.98. The van der Waals surface area contributed by atoms with Crippen molar-refractivity contribution in [2.45, 2.75) is 53.4 Å². The van der Waals surface area contributed by atoms with E-state index in [1.54, 1.807) is 6.34 Å². The topological polar surface area (TPSA) is 105 Å². The largest absolute Gasteiger partial charge is 0.399 e. The van der Waals surface area contributed by atoms with Gasteiger partial charge in [0.2, 0.25) is 0 Å². The number of aliphatic imine (C=N–C) groups is 1. The van der Waals surface area contributed by atoms with Crippen LogP contribution in [0.4, 0.5) is 11.6 Å². The van der Waals surface area contributed by atoms with Gasteiger partial charge in [-0.25, -0.2) is 4.98 Å². The van der Waals surface area contributed by atoms with Crippen LogP contribution >= 0.6 is 0 Å². The van der Waals surface area contributed by atoms with Gasteiger partial charge < -0.3 is 16.8 Å². The minimum absolute atomic E-state index is 0.453. The lowest BCUT2D eigenvalue weighted by Crippen LogP contribution is -2.32. The molecule has 0 saturated carbocycles. The number of hydrogen-bond acceptors (Lipinski definition) is 6. The van der Waals surface area contributed by atoms with Crippen LogP contribution in [0.25, 0.3) is 5.70 Å². The third-order valence-corrected chi connectivity index (χ3v) is 4.51. The van der Waals surface area contributed by atoms with Crippen molar-refractivity contribution < 1.29 is 0 Å². The van der Waals surface area contributed by atoms with Crippen LogP contribution in [0, 0.1) is 6.92 Å². The molecule has 1 aromatic heterocycles. The van der Waals surface area contributed by atoms with Crippen LogP contribution in [0.15, 0.2) is 41.2 Å². The molecule has 1 heterocycles. The third-order valence-electron chi connectivity index (χ3n) is 4.51. The number of rotatable bonds is 12. The molecule has 0 aliphatic rings. The fourth-order valence-corrected chi connectivity index (χ4v) is 2.56. The number of nitrogens with zero attached hydrogens (tertiary/aromatic N) is 3.